The minimum Gasteiger partial charge on any atom is -0.372 e. The lowest BCUT2D eigenvalue weighted by molar-refractivity contribution is -0.122. The number of barbiturate groups is 1. The first-order chi connectivity index (χ1) is 14.0. The Morgan fingerprint density at radius 3 is 2.31 bits per heavy atom. The van der Waals surface area contributed by atoms with Gasteiger partial charge in [-0.05, 0) is 48.7 Å². The first-order valence-corrected chi connectivity index (χ1v) is 9.92. The number of carbonyl (C=O) groups excluding carboxylic acids is 3. The van der Waals surface area contributed by atoms with Gasteiger partial charge < -0.3 is 4.90 Å². The van der Waals surface area contributed by atoms with E-state index >= 15 is 0 Å². The minimum atomic E-state index is -0.870. The van der Waals surface area contributed by atoms with Crippen LogP contribution in [0.3, 0.4) is 0 Å². The van der Waals surface area contributed by atoms with Gasteiger partial charge in [-0.2, -0.15) is 0 Å². The number of imide groups is 2. The lowest BCUT2D eigenvalue weighted by Crippen LogP contribution is -2.54. The topological polar surface area (TPSA) is 69.7 Å². The molecule has 0 bridgehead atoms. The van der Waals surface area contributed by atoms with Crippen molar-refractivity contribution in [2.24, 2.45) is 0 Å². The first-order valence-electron chi connectivity index (χ1n) is 9.16. The van der Waals surface area contributed by atoms with Crippen LogP contribution >= 0.6 is 23.2 Å². The molecule has 4 amide bonds. The molecule has 2 aliphatic rings. The number of benzene rings is 2. The Kier molecular flexibility index (Phi) is 5.30. The molecule has 2 aromatic carbocycles. The van der Waals surface area contributed by atoms with Gasteiger partial charge in [0.25, 0.3) is 11.8 Å². The summed E-state index contributed by atoms with van der Waals surface area (Å²) in [5.41, 5.74) is 1.74. The van der Waals surface area contributed by atoms with Crippen molar-refractivity contribution in [2.45, 2.75) is 12.8 Å². The molecule has 148 valence electrons. The number of carbonyl (C=O) groups is 3. The van der Waals surface area contributed by atoms with Gasteiger partial charge in [-0.1, -0.05) is 41.4 Å². The van der Waals surface area contributed by atoms with Gasteiger partial charge in [0.1, 0.15) is 5.57 Å². The van der Waals surface area contributed by atoms with Crippen molar-refractivity contribution in [3.8, 4) is 0 Å². The van der Waals surface area contributed by atoms with Crippen LogP contribution in [-0.2, 0) is 9.59 Å². The van der Waals surface area contributed by atoms with Crippen molar-refractivity contribution >= 4 is 58.5 Å². The Labute approximate surface area is 177 Å². The predicted molar refractivity (Wildman–Crippen MR) is 113 cm³/mol. The van der Waals surface area contributed by atoms with E-state index in [1.165, 1.54) is 25.0 Å². The smallest absolute Gasteiger partial charge is 0.336 e. The summed E-state index contributed by atoms with van der Waals surface area (Å²) >= 11 is 12.2. The van der Waals surface area contributed by atoms with E-state index in [-0.39, 0.29) is 21.3 Å². The highest BCUT2D eigenvalue weighted by Crippen LogP contribution is 2.34. The number of urea groups is 1. The summed E-state index contributed by atoms with van der Waals surface area (Å²) in [5.74, 6) is -1.51. The summed E-state index contributed by atoms with van der Waals surface area (Å²) in [4.78, 5) is 40.7. The SMILES string of the molecule is O=C1NC(=O)N(c2cccc(Cl)c2Cl)C(=O)/C1=C/c1ccc(N2CCCC2)cc1. The van der Waals surface area contributed by atoms with Crippen molar-refractivity contribution in [3.63, 3.8) is 0 Å². The van der Waals surface area contributed by atoms with Crippen LogP contribution < -0.4 is 15.1 Å². The molecule has 0 saturated carbocycles. The Bertz CT molecular complexity index is 1030. The number of amides is 4. The third-order valence-corrected chi connectivity index (χ3v) is 5.76. The minimum absolute atomic E-state index is 0.0568. The third-order valence-electron chi connectivity index (χ3n) is 4.95. The molecular formula is C21H17Cl2N3O3. The van der Waals surface area contributed by atoms with Crippen molar-refractivity contribution in [1.29, 1.82) is 0 Å². The molecule has 6 nitrogen and oxygen atoms in total. The van der Waals surface area contributed by atoms with E-state index in [0.717, 1.165) is 23.7 Å². The molecule has 29 heavy (non-hydrogen) atoms. The molecule has 8 heteroatoms. The second kappa shape index (κ2) is 7.89. The number of nitrogens with zero attached hydrogens (tertiary/aromatic N) is 2. The standard InChI is InChI=1S/C21H17Cl2N3O3/c22-16-4-3-5-17(18(16)23)26-20(28)15(19(27)24-21(26)29)12-13-6-8-14(9-7-13)25-10-1-2-11-25/h3-9,12H,1-2,10-11H2,(H,24,27,29)/b15-12+. The predicted octanol–water partition coefficient (Wildman–Crippen LogP) is 4.26. The fraction of sp³-hybridized carbons (Fsp3) is 0.190. The molecule has 2 heterocycles. The van der Waals surface area contributed by atoms with Gasteiger partial charge in [0.15, 0.2) is 0 Å². The van der Waals surface area contributed by atoms with Crippen LogP contribution in [0.15, 0.2) is 48.0 Å². The Hall–Kier alpha value is -2.83. The maximum absolute atomic E-state index is 13.0. The summed E-state index contributed by atoms with van der Waals surface area (Å²) in [7, 11) is 0. The van der Waals surface area contributed by atoms with E-state index in [9.17, 15) is 14.4 Å². The molecular weight excluding hydrogens is 413 g/mol. The second-order valence-electron chi connectivity index (χ2n) is 6.82. The monoisotopic (exact) mass is 429 g/mol. The molecule has 4 rings (SSSR count). The van der Waals surface area contributed by atoms with Gasteiger partial charge in [-0.15, -0.1) is 0 Å². The van der Waals surface area contributed by atoms with Gasteiger partial charge >= 0.3 is 6.03 Å². The van der Waals surface area contributed by atoms with E-state index in [1.54, 1.807) is 12.1 Å². The fourth-order valence-corrected chi connectivity index (χ4v) is 3.84. The van der Waals surface area contributed by atoms with Crippen molar-refractivity contribution < 1.29 is 14.4 Å². The second-order valence-corrected chi connectivity index (χ2v) is 7.60. The average Bonchev–Trinajstić information content (AvgIpc) is 3.23. The summed E-state index contributed by atoms with van der Waals surface area (Å²) in [6, 6.07) is 11.3. The number of nitrogens with one attached hydrogen (secondary N) is 1. The largest absolute Gasteiger partial charge is 0.372 e. The number of halogens is 2. The third kappa shape index (κ3) is 3.73. The van der Waals surface area contributed by atoms with Crippen molar-refractivity contribution in [1.82, 2.24) is 5.32 Å². The zero-order chi connectivity index (χ0) is 20.5. The molecule has 0 radical (unpaired) electrons. The highest BCUT2D eigenvalue weighted by Gasteiger charge is 2.38. The molecule has 2 fully saturated rings. The highest BCUT2D eigenvalue weighted by molar-refractivity contribution is 6.46. The number of anilines is 2. The number of hydrogen-bond donors (Lipinski definition) is 1. The quantitative estimate of drug-likeness (QED) is 0.584. The molecule has 2 aliphatic heterocycles. The van der Waals surface area contributed by atoms with Gasteiger partial charge in [0.05, 0.1) is 15.7 Å². The van der Waals surface area contributed by atoms with Gasteiger partial charge in [0, 0.05) is 18.8 Å². The normalized spacial score (nSPS) is 18.6. The van der Waals surface area contributed by atoms with Crippen LogP contribution in [0.4, 0.5) is 16.2 Å². The number of hydrogen-bond acceptors (Lipinski definition) is 4. The first kappa shape index (κ1) is 19.5. The molecule has 0 unspecified atom stereocenters. The average molecular weight is 430 g/mol. The van der Waals surface area contributed by atoms with Crippen LogP contribution in [0.5, 0.6) is 0 Å². The Balaban J connectivity index is 1.65. The zero-order valence-electron chi connectivity index (χ0n) is 15.3. The molecule has 2 aromatic rings. The van der Waals surface area contributed by atoms with E-state index in [1.807, 2.05) is 24.3 Å². The summed E-state index contributed by atoms with van der Waals surface area (Å²) in [6.45, 7) is 2.05. The van der Waals surface area contributed by atoms with Crippen LogP contribution in [0, 0.1) is 0 Å². The van der Waals surface area contributed by atoms with Gasteiger partial charge in [0.2, 0.25) is 0 Å². The maximum Gasteiger partial charge on any atom is 0.336 e. The van der Waals surface area contributed by atoms with E-state index in [4.69, 9.17) is 23.2 Å². The summed E-state index contributed by atoms with van der Waals surface area (Å²) in [6.07, 6.45) is 3.82. The lowest BCUT2D eigenvalue weighted by Gasteiger charge is -2.27. The molecule has 0 aromatic heterocycles. The zero-order valence-corrected chi connectivity index (χ0v) is 16.8. The Morgan fingerprint density at radius 2 is 1.62 bits per heavy atom. The van der Waals surface area contributed by atoms with Crippen LogP contribution in [0.1, 0.15) is 18.4 Å². The molecule has 0 atom stereocenters. The Morgan fingerprint density at radius 1 is 0.931 bits per heavy atom. The fourth-order valence-electron chi connectivity index (χ4n) is 3.46. The van der Waals surface area contributed by atoms with E-state index < -0.39 is 17.8 Å². The lowest BCUT2D eigenvalue weighted by atomic mass is 10.1. The molecule has 1 N–H and O–H groups in total. The van der Waals surface area contributed by atoms with Crippen LogP contribution in [0.2, 0.25) is 10.0 Å². The molecule has 2 saturated heterocycles. The number of rotatable bonds is 3. The van der Waals surface area contributed by atoms with Gasteiger partial charge in [-0.25, -0.2) is 9.69 Å². The van der Waals surface area contributed by atoms with Crippen LogP contribution in [0.25, 0.3) is 6.08 Å². The summed E-state index contributed by atoms with van der Waals surface area (Å²) < 4.78 is 0. The molecule has 0 aliphatic carbocycles. The summed E-state index contributed by atoms with van der Waals surface area (Å²) in [5, 5.41) is 2.44. The van der Waals surface area contributed by atoms with E-state index in [2.05, 4.69) is 10.2 Å². The molecule has 0 spiro atoms. The maximum atomic E-state index is 13.0. The highest BCUT2D eigenvalue weighted by atomic mass is 35.5. The van der Waals surface area contributed by atoms with Crippen molar-refractivity contribution in [3.05, 3.63) is 63.6 Å². The van der Waals surface area contributed by atoms with E-state index in [0.29, 0.717) is 5.56 Å². The van der Waals surface area contributed by atoms with Crippen LogP contribution in [-0.4, -0.2) is 30.9 Å². The van der Waals surface area contributed by atoms with Crippen molar-refractivity contribution in [2.75, 3.05) is 22.9 Å². The van der Waals surface area contributed by atoms with Gasteiger partial charge in [-0.3, -0.25) is 14.9 Å².